The van der Waals surface area contributed by atoms with E-state index in [1.165, 1.54) is 77.0 Å². The summed E-state index contributed by atoms with van der Waals surface area (Å²) in [4.78, 5) is 0.151. The second kappa shape index (κ2) is 15.8. The van der Waals surface area contributed by atoms with Crippen molar-refractivity contribution in [3.05, 3.63) is 27.8 Å². The molecule has 0 atom stereocenters. The summed E-state index contributed by atoms with van der Waals surface area (Å²) in [7, 11) is -4.20. The highest BCUT2D eigenvalue weighted by Crippen LogP contribution is 2.31. The molecule has 1 aromatic carbocycles. The molecule has 0 aliphatic heterocycles. The summed E-state index contributed by atoms with van der Waals surface area (Å²) in [6.45, 7) is 10.0. The molecule has 5 heteroatoms. The van der Waals surface area contributed by atoms with Crippen LogP contribution in [0.1, 0.15) is 125 Å². The van der Waals surface area contributed by atoms with Crippen molar-refractivity contribution in [1.29, 1.82) is 0 Å². The quantitative estimate of drug-likeness (QED) is 0.193. The molecule has 0 spiro atoms. The maximum absolute atomic E-state index is 12.0. The molecule has 0 radical (unpaired) electrons. The first kappa shape index (κ1) is 30.1. The Hall–Kier alpha value is -0.910. The summed E-state index contributed by atoms with van der Waals surface area (Å²) in [5.74, 6) is 0. The normalized spacial score (nSPS) is 11.5. The Bertz CT molecular complexity index is 742. The third kappa shape index (κ3) is 10.5. The van der Waals surface area contributed by atoms with Crippen LogP contribution in [0.4, 0.5) is 0 Å². The highest BCUT2D eigenvalue weighted by Gasteiger charge is 2.23. The fraction of sp³-hybridized carbons (Fsp3) is 0.769. The van der Waals surface area contributed by atoms with E-state index in [4.69, 9.17) is 0 Å². The summed E-state index contributed by atoms with van der Waals surface area (Å²) in [6.07, 6.45) is 19.0. The van der Waals surface area contributed by atoms with Crippen molar-refractivity contribution in [3.8, 4) is 0 Å². The van der Waals surface area contributed by atoms with Crippen LogP contribution >= 0.6 is 0 Å². The molecule has 4 nitrogen and oxygen atoms in total. The lowest BCUT2D eigenvalue weighted by atomic mass is 9.91. The number of unbranched alkanes of at least 4 members (excludes halogenated alkanes) is 13. The molecule has 1 aromatic rings. The molecule has 0 bridgehead atoms. The Labute approximate surface area is 192 Å². The molecule has 182 valence electrons. The third-order valence-electron chi connectivity index (χ3n) is 6.79. The van der Waals surface area contributed by atoms with Gasteiger partial charge in [-0.25, -0.2) is 0 Å². The number of hydrogen-bond donors (Lipinski definition) is 2. The smallest absolute Gasteiger partial charge is 0.295 e. The summed E-state index contributed by atoms with van der Waals surface area (Å²) >= 11 is 0. The SMILES string of the molecule is CCCCCCCCCCCCCCCCc1c(C)c(C)c(C)c(C)c1S(=O)(=O)O.N. The van der Waals surface area contributed by atoms with Crippen molar-refractivity contribution in [3.63, 3.8) is 0 Å². The van der Waals surface area contributed by atoms with Gasteiger partial charge in [0, 0.05) is 0 Å². The van der Waals surface area contributed by atoms with E-state index in [9.17, 15) is 13.0 Å². The molecular weight excluding hydrogens is 406 g/mol. The molecule has 1 rings (SSSR count). The number of benzene rings is 1. The monoisotopic (exact) mass is 455 g/mol. The van der Waals surface area contributed by atoms with Gasteiger partial charge in [0.1, 0.15) is 4.90 Å². The van der Waals surface area contributed by atoms with Gasteiger partial charge in [-0.15, -0.1) is 0 Å². The van der Waals surface area contributed by atoms with Crippen LogP contribution in [-0.4, -0.2) is 13.0 Å². The minimum atomic E-state index is -4.20. The third-order valence-corrected chi connectivity index (χ3v) is 7.86. The minimum absolute atomic E-state index is 0. The predicted octanol–water partition coefficient (Wildman–Crippen LogP) is 8.35. The van der Waals surface area contributed by atoms with Crippen LogP contribution in [0.15, 0.2) is 4.90 Å². The maximum atomic E-state index is 12.0. The standard InChI is InChI=1S/C26H46O3S.H3N/c1-6-7-8-9-10-11-12-13-14-15-16-17-18-19-20-25-23(4)21(2)22(3)24(5)26(25)30(27,28)29;/h6-20H2,1-5H3,(H,27,28,29);1H3. The average Bonchev–Trinajstić information content (AvgIpc) is 2.69. The molecule has 0 aliphatic carbocycles. The molecule has 0 saturated heterocycles. The van der Waals surface area contributed by atoms with E-state index in [2.05, 4.69) is 6.92 Å². The highest BCUT2D eigenvalue weighted by atomic mass is 32.2. The summed E-state index contributed by atoms with van der Waals surface area (Å²) in [5, 5.41) is 0. The molecule has 0 aliphatic rings. The van der Waals surface area contributed by atoms with Crippen LogP contribution in [0.5, 0.6) is 0 Å². The molecule has 0 saturated carbocycles. The van der Waals surface area contributed by atoms with E-state index in [0.717, 1.165) is 41.5 Å². The molecular formula is C26H49NO3S. The highest BCUT2D eigenvalue weighted by molar-refractivity contribution is 7.86. The Morgan fingerprint density at radius 2 is 0.935 bits per heavy atom. The largest absolute Gasteiger partial charge is 0.344 e. The topological polar surface area (TPSA) is 89.4 Å². The Morgan fingerprint density at radius 3 is 1.32 bits per heavy atom. The first-order valence-electron chi connectivity index (χ1n) is 12.3. The fourth-order valence-corrected chi connectivity index (χ4v) is 5.61. The van der Waals surface area contributed by atoms with E-state index < -0.39 is 10.1 Å². The van der Waals surface area contributed by atoms with Crippen LogP contribution in [-0.2, 0) is 16.5 Å². The van der Waals surface area contributed by atoms with Crippen LogP contribution < -0.4 is 6.15 Å². The van der Waals surface area contributed by atoms with E-state index in [1.807, 2.05) is 20.8 Å². The van der Waals surface area contributed by atoms with Crippen molar-refractivity contribution in [2.75, 3.05) is 0 Å². The zero-order valence-electron chi connectivity index (χ0n) is 21.0. The van der Waals surface area contributed by atoms with Crippen LogP contribution in [0, 0.1) is 27.7 Å². The first-order valence-corrected chi connectivity index (χ1v) is 13.7. The lowest BCUT2D eigenvalue weighted by Gasteiger charge is -2.19. The second-order valence-corrected chi connectivity index (χ2v) is 10.5. The van der Waals surface area contributed by atoms with E-state index in [-0.39, 0.29) is 11.0 Å². The Morgan fingerprint density at radius 1 is 0.581 bits per heavy atom. The molecule has 0 heterocycles. The Kier molecular flexibility index (Phi) is 15.4. The minimum Gasteiger partial charge on any atom is -0.344 e. The second-order valence-electron chi connectivity index (χ2n) is 9.13. The van der Waals surface area contributed by atoms with Gasteiger partial charge in [0.2, 0.25) is 0 Å². The average molecular weight is 456 g/mol. The predicted molar refractivity (Wildman–Crippen MR) is 134 cm³/mol. The summed E-state index contributed by atoms with van der Waals surface area (Å²) < 4.78 is 33.8. The van der Waals surface area contributed by atoms with Gasteiger partial charge in [0.25, 0.3) is 10.1 Å². The van der Waals surface area contributed by atoms with Crippen LogP contribution in [0.25, 0.3) is 0 Å². The Balaban J connectivity index is 0.00000900. The van der Waals surface area contributed by atoms with Gasteiger partial charge in [0.05, 0.1) is 0 Å². The van der Waals surface area contributed by atoms with Crippen molar-refractivity contribution >= 4 is 10.1 Å². The molecule has 0 unspecified atom stereocenters. The lowest BCUT2D eigenvalue weighted by molar-refractivity contribution is 0.480. The van der Waals surface area contributed by atoms with Crippen molar-refractivity contribution in [2.24, 2.45) is 0 Å². The number of rotatable bonds is 16. The summed E-state index contributed by atoms with van der Waals surface area (Å²) in [6, 6.07) is 0. The molecule has 4 N–H and O–H groups in total. The molecule has 0 amide bonds. The van der Waals surface area contributed by atoms with E-state index >= 15 is 0 Å². The van der Waals surface area contributed by atoms with Crippen LogP contribution in [0.3, 0.4) is 0 Å². The molecule has 0 fully saturated rings. The van der Waals surface area contributed by atoms with Gasteiger partial charge in [0.15, 0.2) is 0 Å². The van der Waals surface area contributed by atoms with Crippen molar-refractivity contribution < 1.29 is 13.0 Å². The fourth-order valence-electron chi connectivity index (χ4n) is 4.50. The maximum Gasteiger partial charge on any atom is 0.295 e. The van der Waals surface area contributed by atoms with Crippen molar-refractivity contribution in [1.82, 2.24) is 6.15 Å². The van der Waals surface area contributed by atoms with Gasteiger partial charge in [-0.2, -0.15) is 8.42 Å². The lowest BCUT2D eigenvalue weighted by Crippen LogP contribution is -2.11. The van der Waals surface area contributed by atoms with Gasteiger partial charge < -0.3 is 6.15 Å². The molecule has 0 aromatic heterocycles. The summed E-state index contributed by atoms with van der Waals surface area (Å²) in [5.41, 5.74) is 4.63. The van der Waals surface area contributed by atoms with Gasteiger partial charge in [-0.3, -0.25) is 4.55 Å². The van der Waals surface area contributed by atoms with Crippen LogP contribution in [0.2, 0.25) is 0 Å². The zero-order valence-corrected chi connectivity index (χ0v) is 21.8. The molecule has 31 heavy (non-hydrogen) atoms. The van der Waals surface area contributed by atoms with Gasteiger partial charge in [-0.05, 0) is 68.4 Å². The van der Waals surface area contributed by atoms with Gasteiger partial charge in [-0.1, -0.05) is 90.4 Å². The number of hydrogen-bond acceptors (Lipinski definition) is 3. The van der Waals surface area contributed by atoms with Gasteiger partial charge >= 0.3 is 0 Å². The first-order chi connectivity index (χ1) is 14.2. The van der Waals surface area contributed by atoms with E-state index in [1.54, 1.807) is 6.92 Å². The van der Waals surface area contributed by atoms with Crippen molar-refractivity contribution in [2.45, 2.75) is 136 Å². The van der Waals surface area contributed by atoms with E-state index in [0.29, 0.717) is 5.56 Å². The zero-order chi connectivity index (χ0) is 22.6.